The van der Waals surface area contributed by atoms with Crippen LogP contribution in [0.1, 0.15) is 18.6 Å². The van der Waals surface area contributed by atoms with Gasteiger partial charge in [-0.2, -0.15) is 0 Å². The second kappa shape index (κ2) is 5.01. The summed E-state index contributed by atoms with van der Waals surface area (Å²) in [4.78, 5) is 11.2. The van der Waals surface area contributed by atoms with E-state index in [-0.39, 0.29) is 0 Å². The zero-order valence-corrected chi connectivity index (χ0v) is 11.0. The summed E-state index contributed by atoms with van der Waals surface area (Å²) in [6, 6.07) is 6.10. The molecule has 1 unspecified atom stereocenters. The minimum absolute atomic E-state index is 0.355. The number of hydrogen-bond donors (Lipinski definition) is 1. The lowest BCUT2D eigenvalue weighted by Crippen LogP contribution is -2.36. The molecule has 0 saturated carbocycles. The molecule has 1 fully saturated rings. The predicted octanol–water partition coefficient (Wildman–Crippen LogP) is 1.97. The number of nitrogens with two attached hydrogens (primary N) is 1. The summed E-state index contributed by atoms with van der Waals surface area (Å²) in [7, 11) is 0. The first-order valence-electron chi connectivity index (χ1n) is 6.64. The van der Waals surface area contributed by atoms with Gasteiger partial charge in [0.05, 0.1) is 0 Å². The Labute approximate surface area is 112 Å². The van der Waals surface area contributed by atoms with E-state index >= 15 is 0 Å². The largest absolute Gasteiger partial charge is 0.460 e. The fourth-order valence-electron chi connectivity index (χ4n) is 2.54. The van der Waals surface area contributed by atoms with Crippen molar-refractivity contribution in [3.63, 3.8) is 0 Å². The molecule has 0 bridgehead atoms. The van der Waals surface area contributed by atoms with Crippen molar-refractivity contribution in [2.45, 2.75) is 25.8 Å². The van der Waals surface area contributed by atoms with Crippen molar-refractivity contribution in [3.05, 3.63) is 30.2 Å². The number of aromatic nitrogens is 2. The Balaban J connectivity index is 1.91. The third-order valence-electron chi connectivity index (χ3n) is 3.54. The number of anilines is 1. The molecule has 19 heavy (non-hydrogen) atoms. The van der Waals surface area contributed by atoms with E-state index in [1.54, 1.807) is 6.20 Å². The molecule has 1 saturated heterocycles. The van der Waals surface area contributed by atoms with Gasteiger partial charge in [-0.15, -0.1) is 0 Å². The van der Waals surface area contributed by atoms with Crippen LogP contribution in [-0.2, 0) is 0 Å². The van der Waals surface area contributed by atoms with E-state index in [2.05, 4.69) is 14.9 Å². The fourth-order valence-corrected chi connectivity index (χ4v) is 2.54. The number of rotatable bonds is 3. The van der Waals surface area contributed by atoms with Gasteiger partial charge in [-0.3, -0.25) is 0 Å². The molecule has 5 heteroatoms. The minimum atomic E-state index is 0.355. The van der Waals surface area contributed by atoms with E-state index in [1.807, 2.05) is 25.1 Å². The van der Waals surface area contributed by atoms with Gasteiger partial charge < -0.3 is 15.1 Å². The molecular formula is C14H18N4O. The van der Waals surface area contributed by atoms with Crippen LogP contribution in [0.25, 0.3) is 11.5 Å². The Morgan fingerprint density at radius 3 is 3.05 bits per heavy atom. The lowest BCUT2D eigenvalue weighted by atomic mass is 10.2. The Kier molecular flexibility index (Phi) is 3.21. The maximum Gasteiger partial charge on any atom is 0.226 e. The van der Waals surface area contributed by atoms with Crippen molar-refractivity contribution in [1.82, 2.24) is 9.97 Å². The number of hydrogen-bond acceptors (Lipinski definition) is 5. The van der Waals surface area contributed by atoms with Crippen molar-refractivity contribution in [2.24, 2.45) is 5.73 Å². The molecule has 0 aliphatic carbocycles. The Morgan fingerprint density at radius 1 is 1.42 bits per heavy atom. The Hall–Kier alpha value is -1.88. The smallest absolute Gasteiger partial charge is 0.226 e. The first-order chi connectivity index (χ1) is 9.28. The van der Waals surface area contributed by atoms with Crippen LogP contribution in [-0.4, -0.2) is 29.1 Å². The summed E-state index contributed by atoms with van der Waals surface area (Å²) in [5.41, 5.74) is 6.62. The maximum atomic E-state index is 5.80. The van der Waals surface area contributed by atoms with Crippen LogP contribution < -0.4 is 10.6 Å². The van der Waals surface area contributed by atoms with Crippen LogP contribution in [0, 0.1) is 6.92 Å². The van der Waals surface area contributed by atoms with Crippen molar-refractivity contribution >= 4 is 5.95 Å². The third-order valence-corrected chi connectivity index (χ3v) is 3.54. The van der Waals surface area contributed by atoms with Crippen molar-refractivity contribution in [3.8, 4) is 11.5 Å². The van der Waals surface area contributed by atoms with Crippen molar-refractivity contribution in [1.29, 1.82) is 0 Å². The molecule has 0 aromatic carbocycles. The number of furan rings is 1. The van der Waals surface area contributed by atoms with Gasteiger partial charge in [0.2, 0.25) is 5.95 Å². The Morgan fingerprint density at radius 2 is 2.32 bits per heavy atom. The molecule has 0 amide bonds. The van der Waals surface area contributed by atoms with E-state index < -0.39 is 0 Å². The molecular weight excluding hydrogens is 240 g/mol. The molecule has 2 aromatic heterocycles. The van der Waals surface area contributed by atoms with Crippen LogP contribution in [0.15, 0.2) is 28.8 Å². The van der Waals surface area contributed by atoms with Crippen LogP contribution in [0.5, 0.6) is 0 Å². The average Bonchev–Trinajstić information content (AvgIpc) is 3.07. The number of nitrogens with zero attached hydrogens (tertiary/aromatic N) is 3. The van der Waals surface area contributed by atoms with E-state index in [1.165, 1.54) is 0 Å². The topological polar surface area (TPSA) is 68.2 Å². The summed E-state index contributed by atoms with van der Waals surface area (Å²) >= 11 is 0. The molecule has 2 N–H and O–H groups in total. The minimum Gasteiger partial charge on any atom is -0.460 e. The molecule has 0 spiro atoms. The summed E-state index contributed by atoms with van der Waals surface area (Å²) in [5, 5.41) is 0. The monoisotopic (exact) mass is 258 g/mol. The van der Waals surface area contributed by atoms with Gasteiger partial charge in [-0.1, -0.05) is 0 Å². The third kappa shape index (κ3) is 2.33. The van der Waals surface area contributed by atoms with E-state index in [4.69, 9.17) is 10.2 Å². The lowest BCUT2D eigenvalue weighted by Gasteiger charge is -2.23. The van der Waals surface area contributed by atoms with Gasteiger partial charge in [-0.05, 0) is 38.0 Å². The highest BCUT2D eigenvalue weighted by Gasteiger charge is 2.25. The quantitative estimate of drug-likeness (QED) is 0.911. The highest BCUT2D eigenvalue weighted by molar-refractivity contribution is 5.54. The Bertz CT molecular complexity index is 566. The molecule has 3 heterocycles. The highest BCUT2D eigenvalue weighted by Crippen LogP contribution is 2.25. The normalized spacial score (nSPS) is 19.1. The first-order valence-corrected chi connectivity index (χ1v) is 6.64. The van der Waals surface area contributed by atoms with E-state index in [0.717, 1.165) is 42.5 Å². The van der Waals surface area contributed by atoms with Crippen LogP contribution in [0.4, 0.5) is 5.95 Å². The maximum absolute atomic E-state index is 5.80. The second-order valence-electron chi connectivity index (χ2n) is 4.88. The van der Waals surface area contributed by atoms with Crippen LogP contribution in [0.2, 0.25) is 0 Å². The van der Waals surface area contributed by atoms with Gasteiger partial charge in [0, 0.05) is 25.3 Å². The summed E-state index contributed by atoms with van der Waals surface area (Å²) in [5.74, 6) is 2.42. The summed E-state index contributed by atoms with van der Waals surface area (Å²) in [6.07, 6.45) is 4.04. The van der Waals surface area contributed by atoms with Crippen LogP contribution >= 0.6 is 0 Å². The lowest BCUT2D eigenvalue weighted by molar-refractivity contribution is 0.546. The molecule has 1 aliphatic rings. The predicted molar refractivity (Wildman–Crippen MR) is 73.9 cm³/mol. The standard InChI is InChI=1S/C14H18N4O/c1-10-4-5-13(19-10)12-6-7-16-14(17-12)18-8-2-3-11(18)9-15/h4-7,11H,2-3,8-9,15H2,1H3. The average molecular weight is 258 g/mol. The molecule has 1 atom stereocenters. The second-order valence-corrected chi connectivity index (χ2v) is 4.88. The van der Waals surface area contributed by atoms with Gasteiger partial charge in [0.25, 0.3) is 0 Å². The fraction of sp³-hybridized carbons (Fsp3) is 0.429. The molecule has 5 nitrogen and oxygen atoms in total. The molecule has 3 rings (SSSR count). The molecule has 2 aromatic rings. The molecule has 1 aliphatic heterocycles. The zero-order valence-electron chi connectivity index (χ0n) is 11.0. The van der Waals surface area contributed by atoms with Crippen LogP contribution in [0.3, 0.4) is 0 Å². The van der Waals surface area contributed by atoms with Crippen molar-refractivity contribution in [2.75, 3.05) is 18.0 Å². The molecule has 100 valence electrons. The SMILES string of the molecule is Cc1ccc(-c2ccnc(N3CCCC3CN)n2)o1. The summed E-state index contributed by atoms with van der Waals surface area (Å²) in [6.45, 7) is 3.55. The molecule has 0 radical (unpaired) electrons. The van der Waals surface area contributed by atoms with Crippen molar-refractivity contribution < 1.29 is 4.42 Å². The zero-order chi connectivity index (χ0) is 13.2. The first kappa shape index (κ1) is 12.2. The van der Waals surface area contributed by atoms with E-state index in [0.29, 0.717) is 12.6 Å². The van der Waals surface area contributed by atoms with Gasteiger partial charge >= 0.3 is 0 Å². The van der Waals surface area contributed by atoms with Gasteiger partial charge in [-0.25, -0.2) is 9.97 Å². The highest BCUT2D eigenvalue weighted by atomic mass is 16.3. The van der Waals surface area contributed by atoms with E-state index in [9.17, 15) is 0 Å². The van der Waals surface area contributed by atoms with Gasteiger partial charge in [0.1, 0.15) is 11.5 Å². The summed E-state index contributed by atoms with van der Waals surface area (Å²) < 4.78 is 5.61. The number of aryl methyl sites for hydroxylation is 1. The van der Waals surface area contributed by atoms with Gasteiger partial charge in [0.15, 0.2) is 5.76 Å².